The predicted octanol–water partition coefficient (Wildman–Crippen LogP) is 2.31. The van der Waals surface area contributed by atoms with Gasteiger partial charge in [0.25, 0.3) is 5.91 Å². The van der Waals surface area contributed by atoms with E-state index in [4.69, 9.17) is 4.74 Å². The second-order valence-electron chi connectivity index (χ2n) is 4.36. The Labute approximate surface area is 100 Å². The Hall–Kier alpha value is -0.870. The van der Waals surface area contributed by atoms with E-state index in [1.807, 2.05) is 37.8 Å². The highest BCUT2D eigenvalue weighted by molar-refractivity contribution is 7.13. The molecular formula is C12H17NO2S. The molecule has 1 aliphatic rings. The summed E-state index contributed by atoms with van der Waals surface area (Å²) in [5.41, 5.74) is 0. The van der Waals surface area contributed by atoms with Crippen LogP contribution < -0.4 is 0 Å². The molecule has 0 aliphatic carbocycles. The Bertz CT molecular complexity index is 388. The van der Waals surface area contributed by atoms with Crippen molar-refractivity contribution >= 4 is 17.2 Å². The van der Waals surface area contributed by atoms with E-state index < -0.39 is 0 Å². The quantitative estimate of drug-likeness (QED) is 0.752. The summed E-state index contributed by atoms with van der Waals surface area (Å²) in [5.74, 6) is 0.140. The van der Waals surface area contributed by atoms with Crippen molar-refractivity contribution in [2.75, 3.05) is 13.2 Å². The lowest BCUT2D eigenvalue weighted by Crippen LogP contribution is -2.50. The van der Waals surface area contributed by atoms with Crippen LogP contribution >= 0.6 is 11.3 Å². The third kappa shape index (κ3) is 2.28. The highest BCUT2D eigenvalue weighted by atomic mass is 32.1. The van der Waals surface area contributed by atoms with Crippen LogP contribution in [0.2, 0.25) is 0 Å². The summed E-state index contributed by atoms with van der Waals surface area (Å²) in [6.07, 6.45) is 0.140. The van der Waals surface area contributed by atoms with E-state index in [0.717, 1.165) is 4.88 Å². The summed E-state index contributed by atoms with van der Waals surface area (Å²) in [5, 5.41) is 0. The number of morpholine rings is 1. The Morgan fingerprint density at radius 1 is 1.50 bits per heavy atom. The molecule has 0 bridgehead atoms. The Balaban J connectivity index is 2.14. The summed E-state index contributed by atoms with van der Waals surface area (Å²) in [6.45, 7) is 7.39. The molecule has 2 heterocycles. The number of thiophene rings is 1. The Morgan fingerprint density at radius 3 is 2.88 bits per heavy atom. The molecule has 88 valence electrons. The molecule has 2 rings (SSSR count). The zero-order valence-electron chi connectivity index (χ0n) is 9.90. The van der Waals surface area contributed by atoms with Crippen molar-refractivity contribution in [1.82, 2.24) is 4.90 Å². The Kier molecular flexibility index (Phi) is 3.30. The van der Waals surface area contributed by atoms with Crippen molar-refractivity contribution < 1.29 is 9.53 Å². The molecule has 0 N–H and O–H groups in total. The highest BCUT2D eigenvalue weighted by Crippen LogP contribution is 2.20. The van der Waals surface area contributed by atoms with E-state index in [9.17, 15) is 4.79 Å². The number of ether oxygens (including phenoxy) is 1. The third-order valence-electron chi connectivity index (χ3n) is 2.82. The van der Waals surface area contributed by atoms with Crippen LogP contribution in [-0.4, -0.2) is 36.1 Å². The van der Waals surface area contributed by atoms with Crippen molar-refractivity contribution in [3.63, 3.8) is 0 Å². The van der Waals surface area contributed by atoms with E-state index in [-0.39, 0.29) is 18.1 Å². The standard InChI is InChI=1S/C12H17NO2S/c1-8-7-15-9(2)6-13(8)12(14)11-5-4-10(3)16-11/h4-5,8-9H,6-7H2,1-3H3. The van der Waals surface area contributed by atoms with Crippen molar-refractivity contribution in [3.8, 4) is 0 Å². The van der Waals surface area contributed by atoms with Gasteiger partial charge < -0.3 is 9.64 Å². The minimum absolute atomic E-state index is 0.140. The van der Waals surface area contributed by atoms with Crippen molar-refractivity contribution in [2.24, 2.45) is 0 Å². The van der Waals surface area contributed by atoms with Gasteiger partial charge in [-0.05, 0) is 32.9 Å². The molecule has 3 nitrogen and oxygen atoms in total. The summed E-state index contributed by atoms with van der Waals surface area (Å²) in [6, 6.07) is 4.08. The highest BCUT2D eigenvalue weighted by Gasteiger charge is 2.28. The van der Waals surface area contributed by atoms with Gasteiger partial charge in [-0.3, -0.25) is 4.79 Å². The fourth-order valence-electron chi connectivity index (χ4n) is 1.88. The van der Waals surface area contributed by atoms with Gasteiger partial charge in [0.2, 0.25) is 0 Å². The minimum atomic E-state index is 0.140. The fraction of sp³-hybridized carbons (Fsp3) is 0.583. The van der Waals surface area contributed by atoms with Crippen LogP contribution in [0.5, 0.6) is 0 Å². The lowest BCUT2D eigenvalue weighted by Gasteiger charge is -2.36. The largest absolute Gasteiger partial charge is 0.375 e. The molecule has 1 aliphatic heterocycles. The smallest absolute Gasteiger partial charge is 0.264 e. The zero-order valence-corrected chi connectivity index (χ0v) is 10.7. The first kappa shape index (κ1) is 11.6. The molecule has 2 atom stereocenters. The second kappa shape index (κ2) is 4.55. The molecule has 2 unspecified atom stereocenters. The van der Waals surface area contributed by atoms with E-state index in [1.54, 1.807) is 11.3 Å². The molecule has 0 radical (unpaired) electrons. The second-order valence-corrected chi connectivity index (χ2v) is 5.65. The van der Waals surface area contributed by atoms with Gasteiger partial charge in [0.15, 0.2) is 0 Å². The summed E-state index contributed by atoms with van der Waals surface area (Å²) in [7, 11) is 0. The zero-order chi connectivity index (χ0) is 11.7. The molecule has 0 aromatic carbocycles. The monoisotopic (exact) mass is 239 g/mol. The average Bonchev–Trinajstić information content (AvgIpc) is 2.67. The van der Waals surface area contributed by atoms with Gasteiger partial charge in [0, 0.05) is 11.4 Å². The number of nitrogens with zero attached hydrogens (tertiary/aromatic N) is 1. The average molecular weight is 239 g/mol. The van der Waals surface area contributed by atoms with E-state index in [0.29, 0.717) is 13.2 Å². The normalized spacial score (nSPS) is 25.8. The number of rotatable bonds is 1. The van der Waals surface area contributed by atoms with Gasteiger partial charge >= 0.3 is 0 Å². The van der Waals surface area contributed by atoms with Gasteiger partial charge in [-0.15, -0.1) is 11.3 Å². The maximum absolute atomic E-state index is 12.2. The number of amides is 1. The Morgan fingerprint density at radius 2 is 2.25 bits per heavy atom. The molecule has 1 aromatic rings. The lowest BCUT2D eigenvalue weighted by molar-refractivity contribution is -0.0385. The third-order valence-corrected chi connectivity index (χ3v) is 3.81. The molecule has 1 amide bonds. The lowest BCUT2D eigenvalue weighted by atomic mass is 10.2. The number of hydrogen-bond acceptors (Lipinski definition) is 3. The van der Waals surface area contributed by atoms with Crippen LogP contribution in [-0.2, 0) is 4.74 Å². The van der Waals surface area contributed by atoms with Crippen LogP contribution in [0.1, 0.15) is 28.4 Å². The molecule has 1 saturated heterocycles. The van der Waals surface area contributed by atoms with Gasteiger partial charge in [0.05, 0.1) is 23.6 Å². The number of carbonyl (C=O) groups excluding carboxylic acids is 1. The summed E-state index contributed by atoms with van der Waals surface area (Å²) in [4.78, 5) is 16.2. The predicted molar refractivity (Wildman–Crippen MR) is 65.0 cm³/mol. The van der Waals surface area contributed by atoms with E-state index in [1.165, 1.54) is 4.88 Å². The van der Waals surface area contributed by atoms with Gasteiger partial charge in [-0.2, -0.15) is 0 Å². The SMILES string of the molecule is Cc1ccc(C(=O)N2CC(C)OCC2C)s1. The van der Waals surface area contributed by atoms with Crippen LogP contribution in [0.25, 0.3) is 0 Å². The number of aryl methyl sites for hydroxylation is 1. The molecule has 0 spiro atoms. The molecular weight excluding hydrogens is 222 g/mol. The molecule has 1 aromatic heterocycles. The molecule has 0 saturated carbocycles. The van der Waals surface area contributed by atoms with Crippen LogP contribution in [0, 0.1) is 6.92 Å². The first-order valence-electron chi connectivity index (χ1n) is 5.57. The van der Waals surface area contributed by atoms with Crippen molar-refractivity contribution in [2.45, 2.75) is 32.9 Å². The van der Waals surface area contributed by atoms with Gasteiger partial charge in [-0.25, -0.2) is 0 Å². The maximum Gasteiger partial charge on any atom is 0.264 e. The number of hydrogen-bond donors (Lipinski definition) is 0. The molecule has 16 heavy (non-hydrogen) atoms. The number of carbonyl (C=O) groups is 1. The molecule has 1 fully saturated rings. The first-order valence-corrected chi connectivity index (χ1v) is 6.38. The van der Waals surface area contributed by atoms with Gasteiger partial charge in [0.1, 0.15) is 0 Å². The topological polar surface area (TPSA) is 29.5 Å². The van der Waals surface area contributed by atoms with Gasteiger partial charge in [-0.1, -0.05) is 0 Å². The van der Waals surface area contributed by atoms with Crippen LogP contribution in [0.15, 0.2) is 12.1 Å². The maximum atomic E-state index is 12.2. The minimum Gasteiger partial charge on any atom is -0.375 e. The summed E-state index contributed by atoms with van der Waals surface area (Å²) < 4.78 is 5.52. The fourth-order valence-corrected chi connectivity index (χ4v) is 2.70. The van der Waals surface area contributed by atoms with Crippen molar-refractivity contribution in [3.05, 3.63) is 21.9 Å². The van der Waals surface area contributed by atoms with Crippen molar-refractivity contribution in [1.29, 1.82) is 0 Å². The van der Waals surface area contributed by atoms with Crippen LogP contribution in [0.4, 0.5) is 0 Å². The summed E-state index contributed by atoms with van der Waals surface area (Å²) >= 11 is 1.56. The molecule has 4 heteroatoms. The van der Waals surface area contributed by atoms with Crippen LogP contribution in [0.3, 0.4) is 0 Å². The van der Waals surface area contributed by atoms with E-state index >= 15 is 0 Å². The first-order chi connectivity index (χ1) is 7.58. The van der Waals surface area contributed by atoms with E-state index in [2.05, 4.69) is 0 Å².